The highest BCUT2D eigenvalue weighted by Gasteiger charge is 2.27. The Bertz CT molecular complexity index is 709. The molecule has 3 rings (SSSR count). The number of carbonyl (C=O) groups is 1. The van der Waals surface area contributed by atoms with E-state index in [1.54, 1.807) is 18.2 Å². The predicted molar refractivity (Wildman–Crippen MR) is 98.4 cm³/mol. The molecule has 1 fully saturated rings. The van der Waals surface area contributed by atoms with Gasteiger partial charge in [-0.1, -0.05) is 18.2 Å². The van der Waals surface area contributed by atoms with Crippen molar-refractivity contribution >= 4 is 24.0 Å². The van der Waals surface area contributed by atoms with Crippen LogP contribution < -0.4 is 15.8 Å². The third-order valence-corrected chi connectivity index (χ3v) is 4.26. The highest BCUT2D eigenvalue weighted by molar-refractivity contribution is 5.92. The normalized spacial score (nSPS) is 19.1. The first-order valence-corrected chi connectivity index (χ1v) is 8.14. The summed E-state index contributed by atoms with van der Waals surface area (Å²) in [7, 11) is 0. The molecule has 134 valence electrons. The lowest BCUT2D eigenvalue weighted by atomic mass is 10.1. The zero-order chi connectivity index (χ0) is 16.9. The van der Waals surface area contributed by atoms with Gasteiger partial charge in [0.15, 0.2) is 0 Å². The van der Waals surface area contributed by atoms with Crippen LogP contribution in [0.2, 0.25) is 0 Å². The van der Waals surface area contributed by atoms with Gasteiger partial charge in [0.05, 0.1) is 0 Å². The Morgan fingerprint density at radius 2 is 1.96 bits per heavy atom. The smallest absolute Gasteiger partial charge is 0.227 e. The van der Waals surface area contributed by atoms with Crippen molar-refractivity contribution < 1.29 is 13.9 Å². The molecule has 0 heterocycles. The summed E-state index contributed by atoms with van der Waals surface area (Å²) >= 11 is 0. The Labute approximate surface area is 153 Å². The molecule has 25 heavy (non-hydrogen) atoms. The molecule has 0 aliphatic heterocycles. The molecule has 0 saturated heterocycles. The number of ether oxygens (including phenoxy) is 1. The van der Waals surface area contributed by atoms with Gasteiger partial charge >= 0.3 is 0 Å². The van der Waals surface area contributed by atoms with Crippen LogP contribution in [0.5, 0.6) is 5.75 Å². The minimum atomic E-state index is -0.268. The van der Waals surface area contributed by atoms with E-state index in [4.69, 9.17) is 10.5 Å². The van der Waals surface area contributed by atoms with Crippen LogP contribution in [-0.2, 0) is 11.4 Å². The fraction of sp³-hybridized carbons (Fsp3) is 0.316. The maximum absolute atomic E-state index is 12.9. The molecule has 1 aliphatic carbocycles. The van der Waals surface area contributed by atoms with Gasteiger partial charge in [-0.2, -0.15) is 0 Å². The highest BCUT2D eigenvalue weighted by Crippen LogP contribution is 2.26. The van der Waals surface area contributed by atoms with Gasteiger partial charge in [-0.25, -0.2) is 4.39 Å². The van der Waals surface area contributed by atoms with E-state index in [0.29, 0.717) is 18.0 Å². The zero-order valence-electron chi connectivity index (χ0n) is 13.8. The third kappa shape index (κ3) is 5.44. The number of carbonyl (C=O) groups excluding carboxylic acids is 1. The van der Waals surface area contributed by atoms with Gasteiger partial charge in [0, 0.05) is 23.7 Å². The van der Waals surface area contributed by atoms with Crippen LogP contribution in [0.15, 0.2) is 48.5 Å². The molecule has 2 aromatic carbocycles. The summed E-state index contributed by atoms with van der Waals surface area (Å²) in [5, 5.41) is 2.93. The van der Waals surface area contributed by atoms with E-state index in [9.17, 15) is 9.18 Å². The fourth-order valence-electron chi connectivity index (χ4n) is 2.91. The average molecular weight is 365 g/mol. The highest BCUT2D eigenvalue weighted by atomic mass is 35.5. The van der Waals surface area contributed by atoms with Crippen LogP contribution in [0.3, 0.4) is 0 Å². The molecule has 4 nitrogen and oxygen atoms in total. The molecule has 2 atom stereocenters. The summed E-state index contributed by atoms with van der Waals surface area (Å²) in [6, 6.07) is 13.6. The summed E-state index contributed by atoms with van der Waals surface area (Å²) in [6.45, 7) is 0.342. The maximum atomic E-state index is 12.9. The first-order valence-electron chi connectivity index (χ1n) is 8.14. The molecule has 0 bridgehead atoms. The molecule has 6 heteroatoms. The minimum Gasteiger partial charge on any atom is -0.489 e. The van der Waals surface area contributed by atoms with Crippen LogP contribution in [-0.4, -0.2) is 11.9 Å². The Morgan fingerprint density at radius 1 is 1.20 bits per heavy atom. The second-order valence-corrected chi connectivity index (χ2v) is 6.20. The Kier molecular flexibility index (Phi) is 6.79. The van der Waals surface area contributed by atoms with Crippen molar-refractivity contribution in [1.29, 1.82) is 0 Å². The second-order valence-electron chi connectivity index (χ2n) is 6.20. The summed E-state index contributed by atoms with van der Waals surface area (Å²) in [5.74, 6) is 0.387. The minimum absolute atomic E-state index is 0. The van der Waals surface area contributed by atoms with Crippen molar-refractivity contribution in [3.05, 3.63) is 59.9 Å². The number of anilines is 1. The van der Waals surface area contributed by atoms with E-state index >= 15 is 0 Å². The quantitative estimate of drug-likeness (QED) is 0.845. The number of benzene rings is 2. The number of rotatable bonds is 5. The third-order valence-electron chi connectivity index (χ3n) is 4.26. The van der Waals surface area contributed by atoms with Crippen LogP contribution in [0.4, 0.5) is 10.1 Å². The average Bonchev–Trinajstić information content (AvgIpc) is 3.01. The van der Waals surface area contributed by atoms with Crippen molar-refractivity contribution in [3.63, 3.8) is 0 Å². The van der Waals surface area contributed by atoms with Gasteiger partial charge in [-0.15, -0.1) is 12.4 Å². The predicted octanol–water partition coefficient (Wildman–Crippen LogP) is 3.89. The van der Waals surface area contributed by atoms with E-state index in [0.717, 1.165) is 24.8 Å². The van der Waals surface area contributed by atoms with Crippen LogP contribution in [0, 0.1) is 11.7 Å². The summed E-state index contributed by atoms with van der Waals surface area (Å²) < 4.78 is 18.6. The topological polar surface area (TPSA) is 64.4 Å². The van der Waals surface area contributed by atoms with Gasteiger partial charge in [0.2, 0.25) is 5.91 Å². The molecule has 1 saturated carbocycles. The number of hydrogen-bond donors (Lipinski definition) is 2. The van der Waals surface area contributed by atoms with Gasteiger partial charge in [0.25, 0.3) is 0 Å². The number of halogens is 2. The monoisotopic (exact) mass is 364 g/mol. The van der Waals surface area contributed by atoms with E-state index in [1.165, 1.54) is 12.1 Å². The van der Waals surface area contributed by atoms with Gasteiger partial charge in [-0.05, 0) is 49.1 Å². The first kappa shape index (κ1) is 19.2. The van der Waals surface area contributed by atoms with Crippen LogP contribution >= 0.6 is 12.4 Å². The number of hydrogen-bond acceptors (Lipinski definition) is 3. The lowest BCUT2D eigenvalue weighted by Crippen LogP contribution is -2.23. The molecule has 2 aromatic rings. The standard InChI is InChI=1S/C19H21FN2O2.ClH/c20-15-7-4-13(5-8-15)12-24-18-3-1-2-17(11-18)22-19(23)14-6-9-16(21)10-14;/h1-5,7-8,11,14,16H,6,9-10,12,21H2,(H,22,23);1H. The SMILES string of the molecule is Cl.NC1CCC(C(=O)Nc2cccc(OCc3ccc(F)cc3)c2)C1. The summed E-state index contributed by atoms with van der Waals surface area (Å²) in [5.41, 5.74) is 7.45. The molecule has 0 spiro atoms. The lowest BCUT2D eigenvalue weighted by molar-refractivity contribution is -0.119. The first-order chi connectivity index (χ1) is 11.6. The van der Waals surface area contributed by atoms with Crippen molar-refractivity contribution in [2.75, 3.05) is 5.32 Å². The van der Waals surface area contributed by atoms with E-state index in [-0.39, 0.29) is 36.1 Å². The van der Waals surface area contributed by atoms with Crippen LogP contribution in [0.25, 0.3) is 0 Å². The molecular weight excluding hydrogens is 343 g/mol. The number of nitrogens with two attached hydrogens (primary N) is 1. The largest absolute Gasteiger partial charge is 0.489 e. The zero-order valence-corrected chi connectivity index (χ0v) is 14.6. The Morgan fingerprint density at radius 3 is 2.64 bits per heavy atom. The van der Waals surface area contributed by atoms with Gasteiger partial charge < -0.3 is 15.8 Å². The Hall–Kier alpha value is -2.11. The van der Waals surface area contributed by atoms with Crippen LogP contribution in [0.1, 0.15) is 24.8 Å². The summed E-state index contributed by atoms with van der Waals surface area (Å²) in [4.78, 5) is 12.2. The van der Waals surface area contributed by atoms with Gasteiger partial charge in [-0.3, -0.25) is 4.79 Å². The maximum Gasteiger partial charge on any atom is 0.227 e. The lowest BCUT2D eigenvalue weighted by Gasteiger charge is -2.12. The molecule has 0 aromatic heterocycles. The number of amides is 1. The second kappa shape index (κ2) is 8.83. The Balaban J connectivity index is 0.00000225. The fourth-order valence-corrected chi connectivity index (χ4v) is 2.91. The van der Waals surface area contributed by atoms with Crippen molar-refractivity contribution in [1.82, 2.24) is 0 Å². The molecule has 0 radical (unpaired) electrons. The summed E-state index contributed by atoms with van der Waals surface area (Å²) in [6.07, 6.45) is 2.49. The van der Waals surface area contributed by atoms with Crippen molar-refractivity contribution in [2.45, 2.75) is 31.9 Å². The van der Waals surface area contributed by atoms with Crippen molar-refractivity contribution in [3.8, 4) is 5.75 Å². The van der Waals surface area contributed by atoms with E-state index in [1.807, 2.05) is 18.2 Å². The molecule has 2 unspecified atom stereocenters. The number of nitrogens with one attached hydrogen (secondary N) is 1. The van der Waals surface area contributed by atoms with Crippen molar-refractivity contribution in [2.24, 2.45) is 11.7 Å². The molecular formula is C19H22ClFN2O2. The molecule has 3 N–H and O–H groups in total. The molecule has 1 aliphatic rings. The van der Waals surface area contributed by atoms with E-state index in [2.05, 4.69) is 5.32 Å². The van der Waals surface area contributed by atoms with E-state index < -0.39 is 0 Å². The molecule has 1 amide bonds. The van der Waals surface area contributed by atoms with Gasteiger partial charge in [0.1, 0.15) is 18.2 Å².